The van der Waals surface area contributed by atoms with E-state index in [0.717, 1.165) is 15.6 Å². The maximum atomic E-state index is 12.8. The summed E-state index contributed by atoms with van der Waals surface area (Å²) in [6.45, 7) is 0.441. The van der Waals surface area contributed by atoms with Crippen LogP contribution in [0, 0.1) is 0 Å². The van der Waals surface area contributed by atoms with Crippen molar-refractivity contribution in [3.63, 3.8) is 0 Å². The van der Waals surface area contributed by atoms with Gasteiger partial charge in [0.2, 0.25) is 0 Å². The molecule has 0 N–H and O–H groups in total. The van der Waals surface area contributed by atoms with E-state index in [1.165, 1.54) is 16.7 Å². The minimum Gasteiger partial charge on any atom is -0.493 e. The molecule has 0 atom stereocenters. The van der Waals surface area contributed by atoms with Crippen molar-refractivity contribution in [3.05, 3.63) is 92.3 Å². The number of amidine groups is 1. The number of thioether (sulfide) groups is 1. The van der Waals surface area contributed by atoms with E-state index in [1.54, 1.807) is 20.2 Å². The van der Waals surface area contributed by atoms with Crippen LogP contribution in [0.3, 0.4) is 0 Å². The summed E-state index contributed by atoms with van der Waals surface area (Å²) in [5.41, 5.74) is 2.57. The van der Waals surface area contributed by atoms with Crippen LogP contribution < -0.4 is 9.47 Å². The Hall–Kier alpha value is -2.74. The number of carbonyl (C=O) groups excluding carboxylic acids is 1. The van der Waals surface area contributed by atoms with Crippen LogP contribution in [0.25, 0.3) is 6.08 Å². The largest absolute Gasteiger partial charge is 0.493 e. The van der Waals surface area contributed by atoms with Crippen molar-refractivity contribution in [1.29, 1.82) is 0 Å². The Morgan fingerprint density at radius 3 is 2.61 bits per heavy atom. The number of amides is 1. The second-order valence-corrected chi connectivity index (χ2v) is 9.42. The van der Waals surface area contributed by atoms with Crippen LogP contribution in [-0.2, 0) is 11.4 Å². The van der Waals surface area contributed by atoms with Crippen LogP contribution in [0.2, 0.25) is 5.02 Å². The summed E-state index contributed by atoms with van der Waals surface area (Å²) in [6.07, 6.45) is 1.82. The summed E-state index contributed by atoms with van der Waals surface area (Å²) >= 11 is 10.8. The van der Waals surface area contributed by atoms with Crippen molar-refractivity contribution >= 4 is 62.1 Å². The molecule has 1 saturated heterocycles. The molecule has 1 amide bonds. The zero-order chi connectivity index (χ0) is 23.4. The zero-order valence-corrected chi connectivity index (χ0v) is 21.1. The first-order chi connectivity index (χ1) is 15.9. The van der Waals surface area contributed by atoms with Crippen LogP contribution in [-0.4, -0.2) is 30.1 Å². The molecule has 3 aromatic rings. The molecule has 1 heterocycles. The van der Waals surface area contributed by atoms with Gasteiger partial charge < -0.3 is 9.47 Å². The minimum atomic E-state index is -0.120. The van der Waals surface area contributed by atoms with Crippen LogP contribution in [0.1, 0.15) is 11.1 Å². The fraction of sp³-hybridized carbons (Fsp3) is 0.120. The van der Waals surface area contributed by atoms with E-state index in [0.29, 0.717) is 38.9 Å². The van der Waals surface area contributed by atoms with E-state index in [-0.39, 0.29) is 5.91 Å². The summed E-state index contributed by atoms with van der Waals surface area (Å²) in [5, 5.41) is 1.14. The maximum Gasteiger partial charge on any atom is 0.266 e. The second kappa shape index (κ2) is 10.5. The molecule has 0 saturated carbocycles. The number of hydrogen-bond acceptors (Lipinski definition) is 5. The van der Waals surface area contributed by atoms with Gasteiger partial charge in [-0.05, 0) is 75.2 Å². The van der Waals surface area contributed by atoms with E-state index >= 15 is 0 Å². The van der Waals surface area contributed by atoms with E-state index in [4.69, 9.17) is 21.1 Å². The van der Waals surface area contributed by atoms with Gasteiger partial charge >= 0.3 is 0 Å². The van der Waals surface area contributed by atoms with Crippen molar-refractivity contribution in [1.82, 2.24) is 4.90 Å². The molecule has 0 spiro atoms. The van der Waals surface area contributed by atoms with Gasteiger partial charge in [0.25, 0.3) is 5.91 Å². The molecule has 0 radical (unpaired) electrons. The highest BCUT2D eigenvalue weighted by Gasteiger charge is 2.30. The molecular weight excluding hydrogens is 524 g/mol. The fourth-order valence-corrected chi connectivity index (χ4v) is 4.50. The normalized spacial score (nSPS) is 16.0. The zero-order valence-electron chi connectivity index (χ0n) is 17.9. The van der Waals surface area contributed by atoms with Crippen LogP contribution in [0.15, 0.2) is 81.1 Å². The SMILES string of the molecule is COc1cc(/C=C2\SC(=Nc3ccc(Br)c(Cl)c3)N(C)C2=O)ccc1OCc1ccccc1. The Kier molecular flexibility index (Phi) is 7.42. The third kappa shape index (κ3) is 5.61. The Balaban J connectivity index is 1.53. The molecule has 5 nitrogen and oxygen atoms in total. The predicted molar refractivity (Wildman–Crippen MR) is 138 cm³/mol. The third-order valence-electron chi connectivity index (χ3n) is 4.85. The Bertz CT molecular complexity index is 1250. The summed E-state index contributed by atoms with van der Waals surface area (Å²) in [4.78, 5) is 19.5. The van der Waals surface area contributed by atoms with Crippen LogP contribution in [0.5, 0.6) is 11.5 Å². The average molecular weight is 544 g/mol. The lowest BCUT2D eigenvalue weighted by Gasteiger charge is -2.11. The first kappa shape index (κ1) is 23.4. The lowest BCUT2D eigenvalue weighted by Crippen LogP contribution is -2.23. The minimum absolute atomic E-state index is 0.120. The topological polar surface area (TPSA) is 51.1 Å². The van der Waals surface area contributed by atoms with E-state index in [9.17, 15) is 4.79 Å². The number of halogens is 2. The fourth-order valence-electron chi connectivity index (χ4n) is 3.10. The standard InChI is InChI=1S/C25H20BrClN2O3S/c1-29-24(30)23(33-25(29)28-18-9-10-19(26)20(27)14-18)13-17-8-11-21(22(12-17)31-2)32-15-16-6-4-3-5-7-16/h3-14H,15H2,1-2H3/b23-13-,28-25?. The molecule has 3 aromatic carbocycles. The number of likely N-dealkylation sites (N-methyl/N-ethyl adjacent to an activating group) is 1. The van der Waals surface area contributed by atoms with Crippen molar-refractivity contribution in [3.8, 4) is 11.5 Å². The lowest BCUT2D eigenvalue weighted by molar-refractivity contribution is -0.121. The molecule has 33 heavy (non-hydrogen) atoms. The molecule has 4 rings (SSSR count). The molecule has 0 bridgehead atoms. The first-order valence-electron chi connectivity index (χ1n) is 10.0. The Labute approximate surface area is 210 Å². The van der Waals surface area contributed by atoms with Gasteiger partial charge in [-0.25, -0.2) is 4.99 Å². The molecular formula is C25H20BrClN2O3S. The molecule has 1 aliphatic heterocycles. The van der Waals surface area contributed by atoms with Gasteiger partial charge in [0.15, 0.2) is 16.7 Å². The quantitative estimate of drug-likeness (QED) is 0.317. The molecule has 168 valence electrons. The smallest absolute Gasteiger partial charge is 0.266 e. The van der Waals surface area contributed by atoms with Crippen molar-refractivity contribution in [2.24, 2.45) is 4.99 Å². The highest BCUT2D eigenvalue weighted by Crippen LogP contribution is 2.36. The number of aliphatic imine (C=N–C) groups is 1. The first-order valence-corrected chi connectivity index (χ1v) is 12.0. The molecule has 0 aromatic heterocycles. The van der Waals surface area contributed by atoms with Crippen molar-refractivity contribution in [2.75, 3.05) is 14.2 Å². The second-order valence-electron chi connectivity index (χ2n) is 7.15. The Morgan fingerprint density at radius 1 is 1.09 bits per heavy atom. The van der Waals surface area contributed by atoms with Gasteiger partial charge in [-0.3, -0.25) is 9.69 Å². The molecule has 1 aliphatic rings. The monoisotopic (exact) mass is 542 g/mol. The van der Waals surface area contributed by atoms with Crippen LogP contribution in [0.4, 0.5) is 5.69 Å². The Morgan fingerprint density at radius 2 is 1.88 bits per heavy atom. The lowest BCUT2D eigenvalue weighted by atomic mass is 10.2. The highest BCUT2D eigenvalue weighted by atomic mass is 79.9. The average Bonchev–Trinajstić information content (AvgIpc) is 3.08. The van der Waals surface area contributed by atoms with Gasteiger partial charge in [-0.1, -0.05) is 48.0 Å². The molecule has 0 unspecified atom stereocenters. The van der Waals surface area contributed by atoms with Crippen molar-refractivity contribution in [2.45, 2.75) is 6.61 Å². The summed E-state index contributed by atoms with van der Waals surface area (Å²) in [6, 6.07) is 20.9. The summed E-state index contributed by atoms with van der Waals surface area (Å²) in [7, 11) is 3.30. The number of rotatable bonds is 6. The number of carbonyl (C=O) groups is 1. The summed E-state index contributed by atoms with van der Waals surface area (Å²) < 4.78 is 12.2. The number of benzene rings is 3. The maximum absolute atomic E-state index is 12.8. The van der Waals surface area contributed by atoms with Gasteiger partial charge in [0.1, 0.15) is 6.61 Å². The van der Waals surface area contributed by atoms with E-state index in [2.05, 4.69) is 20.9 Å². The van der Waals surface area contributed by atoms with Gasteiger partial charge in [-0.15, -0.1) is 0 Å². The van der Waals surface area contributed by atoms with Crippen molar-refractivity contribution < 1.29 is 14.3 Å². The summed E-state index contributed by atoms with van der Waals surface area (Å²) in [5.74, 6) is 1.12. The number of methoxy groups -OCH3 is 1. The molecule has 8 heteroatoms. The third-order valence-corrected chi connectivity index (χ3v) is 7.15. The molecule has 1 fully saturated rings. The van der Waals surface area contributed by atoms with E-state index in [1.807, 2.05) is 66.7 Å². The van der Waals surface area contributed by atoms with Gasteiger partial charge in [0, 0.05) is 11.5 Å². The highest BCUT2D eigenvalue weighted by molar-refractivity contribution is 9.10. The van der Waals surface area contributed by atoms with Gasteiger partial charge in [-0.2, -0.15) is 0 Å². The number of nitrogens with zero attached hydrogens (tertiary/aromatic N) is 2. The number of ether oxygens (including phenoxy) is 2. The predicted octanol–water partition coefficient (Wildman–Crippen LogP) is 6.92. The molecule has 0 aliphatic carbocycles. The number of hydrogen-bond donors (Lipinski definition) is 0. The van der Waals surface area contributed by atoms with Gasteiger partial charge in [0.05, 0.1) is 22.7 Å². The van der Waals surface area contributed by atoms with E-state index < -0.39 is 0 Å². The van der Waals surface area contributed by atoms with Crippen LogP contribution >= 0.6 is 39.3 Å².